The zero-order valence-electron chi connectivity index (χ0n) is 15.6. The van der Waals surface area contributed by atoms with Crippen LogP contribution >= 0.6 is 24.8 Å². The molecule has 1 saturated carbocycles. The van der Waals surface area contributed by atoms with E-state index in [4.69, 9.17) is 9.47 Å². The molecular formula is C18H33Cl2FN2O3. The van der Waals surface area contributed by atoms with Crippen LogP contribution in [0.3, 0.4) is 0 Å². The van der Waals surface area contributed by atoms with Gasteiger partial charge in [-0.3, -0.25) is 9.69 Å². The average Bonchev–Trinajstić information content (AvgIpc) is 3.25. The van der Waals surface area contributed by atoms with E-state index in [0.29, 0.717) is 13.0 Å². The Bertz CT molecular complexity index is 419. The monoisotopic (exact) mass is 414 g/mol. The quantitative estimate of drug-likeness (QED) is 0.489. The molecule has 3 rings (SSSR count). The lowest BCUT2D eigenvalue weighted by atomic mass is 9.87. The zero-order chi connectivity index (χ0) is 16.9. The van der Waals surface area contributed by atoms with Crippen LogP contribution in [-0.2, 0) is 14.3 Å². The minimum absolute atomic E-state index is 0. The maximum atomic E-state index is 14.3. The number of carbonyl (C=O) groups excluding carboxylic acids is 1. The van der Waals surface area contributed by atoms with Gasteiger partial charge in [0.15, 0.2) is 12.6 Å². The van der Waals surface area contributed by atoms with E-state index >= 15 is 0 Å². The lowest BCUT2D eigenvalue weighted by Crippen LogP contribution is -2.51. The molecule has 0 radical (unpaired) electrons. The third-order valence-corrected chi connectivity index (χ3v) is 5.56. The normalized spacial score (nSPS) is 31.1. The van der Waals surface area contributed by atoms with Crippen molar-refractivity contribution in [2.75, 3.05) is 26.2 Å². The van der Waals surface area contributed by atoms with Gasteiger partial charge in [0.05, 0.1) is 18.6 Å². The molecule has 0 aromatic heterocycles. The van der Waals surface area contributed by atoms with Crippen molar-refractivity contribution in [3.63, 3.8) is 0 Å². The van der Waals surface area contributed by atoms with Gasteiger partial charge in [-0.25, -0.2) is 9.29 Å². The van der Waals surface area contributed by atoms with Crippen molar-refractivity contribution in [2.45, 2.75) is 77.0 Å². The first-order valence-electron chi connectivity index (χ1n) is 9.65. The number of carbonyl (C=O) groups is 1. The van der Waals surface area contributed by atoms with E-state index in [1.54, 1.807) is 0 Å². The van der Waals surface area contributed by atoms with E-state index < -0.39 is 6.30 Å². The Hall–Kier alpha value is -0.140. The number of hydrogen-bond acceptors (Lipinski definition) is 5. The van der Waals surface area contributed by atoms with Crippen LogP contribution in [0, 0.1) is 5.92 Å². The molecule has 2 unspecified atom stereocenters. The zero-order valence-corrected chi connectivity index (χ0v) is 17.2. The van der Waals surface area contributed by atoms with E-state index in [1.165, 1.54) is 12.8 Å². The maximum Gasteiger partial charge on any atom is 0.308 e. The minimum atomic E-state index is -0.883. The summed E-state index contributed by atoms with van der Waals surface area (Å²) in [6.45, 7) is 5.05. The second-order valence-electron chi connectivity index (χ2n) is 7.25. The van der Waals surface area contributed by atoms with Gasteiger partial charge in [-0.1, -0.05) is 0 Å². The van der Waals surface area contributed by atoms with Gasteiger partial charge in [-0.05, 0) is 58.3 Å². The Labute approximate surface area is 168 Å². The first-order chi connectivity index (χ1) is 11.7. The summed E-state index contributed by atoms with van der Waals surface area (Å²) in [5.41, 5.74) is 0. The number of alkyl halides is 1. The molecule has 3 aliphatic rings. The number of halogens is 3. The predicted molar refractivity (Wildman–Crippen MR) is 103 cm³/mol. The molecular weight excluding hydrogens is 382 g/mol. The Morgan fingerprint density at radius 1 is 1.04 bits per heavy atom. The number of likely N-dealkylation sites (tertiary alicyclic amines) is 2. The van der Waals surface area contributed by atoms with Gasteiger partial charge in [0.25, 0.3) is 0 Å². The van der Waals surface area contributed by atoms with Gasteiger partial charge < -0.3 is 9.47 Å². The van der Waals surface area contributed by atoms with Crippen LogP contribution in [0.4, 0.5) is 4.39 Å². The van der Waals surface area contributed by atoms with E-state index in [1.807, 2.05) is 11.8 Å². The molecule has 0 spiro atoms. The summed E-state index contributed by atoms with van der Waals surface area (Å²) in [4.78, 5) is 16.0. The summed E-state index contributed by atoms with van der Waals surface area (Å²) in [6.07, 6.45) is 6.21. The molecule has 2 atom stereocenters. The van der Waals surface area contributed by atoms with Crippen molar-refractivity contribution in [3.8, 4) is 0 Å². The largest absolute Gasteiger partial charge is 0.466 e. The molecule has 2 aliphatic heterocycles. The fourth-order valence-electron chi connectivity index (χ4n) is 4.20. The molecule has 0 bridgehead atoms. The highest BCUT2D eigenvalue weighted by Crippen LogP contribution is 2.32. The SMILES string of the molecule is CCOC(=O)C1CCC(OC(N2CCCC2)N2CCCC2F)CC1.Cl.Cl. The van der Waals surface area contributed by atoms with E-state index in [2.05, 4.69) is 4.90 Å². The topological polar surface area (TPSA) is 42.0 Å². The van der Waals surface area contributed by atoms with Crippen molar-refractivity contribution in [1.82, 2.24) is 9.80 Å². The van der Waals surface area contributed by atoms with E-state index in [-0.39, 0.29) is 49.2 Å². The molecule has 0 aromatic carbocycles. The highest BCUT2D eigenvalue weighted by atomic mass is 35.5. The molecule has 26 heavy (non-hydrogen) atoms. The summed E-state index contributed by atoms with van der Waals surface area (Å²) in [5.74, 6) is -0.0637. The predicted octanol–water partition coefficient (Wildman–Crippen LogP) is 3.74. The van der Waals surface area contributed by atoms with Crippen LogP contribution in [0.1, 0.15) is 58.3 Å². The molecule has 3 fully saturated rings. The number of ether oxygens (including phenoxy) is 2. The number of hydrogen-bond donors (Lipinski definition) is 0. The molecule has 154 valence electrons. The molecule has 1 aliphatic carbocycles. The summed E-state index contributed by atoms with van der Waals surface area (Å²) in [6, 6.07) is 0. The highest BCUT2D eigenvalue weighted by Gasteiger charge is 2.38. The molecule has 2 heterocycles. The molecule has 0 amide bonds. The van der Waals surface area contributed by atoms with Gasteiger partial charge in [-0.15, -0.1) is 24.8 Å². The van der Waals surface area contributed by atoms with Crippen LogP contribution in [-0.4, -0.2) is 60.8 Å². The summed E-state index contributed by atoms with van der Waals surface area (Å²) < 4.78 is 25.8. The lowest BCUT2D eigenvalue weighted by Gasteiger charge is -2.39. The summed E-state index contributed by atoms with van der Waals surface area (Å²) in [7, 11) is 0. The molecule has 5 nitrogen and oxygen atoms in total. The standard InChI is InChI=1S/C18H31FN2O3.2ClH/c1-2-23-17(22)14-7-9-15(10-8-14)24-18(20-11-3-4-12-20)21-13-5-6-16(21)19;;/h14-16,18H,2-13H2,1H3;2*1H. The lowest BCUT2D eigenvalue weighted by molar-refractivity contribution is -0.199. The van der Waals surface area contributed by atoms with Crippen molar-refractivity contribution < 1.29 is 18.7 Å². The van der Waals surface area contributed by atoms with Gasteiger partial charge in [0, 0.05) is 19.6 Å². The Morgan fingerprint density at radius 3 is 2.23 bits per heavy atom. The highest BCUT2D eigenvalue weighted by molar-refractivity contribution is 5.85. The summed E-state index contributed by atoms with van der Waals surface area (Å²) >= 11 is 0. The van der Waals surface area contributed by atoms with Crippen molar-refractivity contribution in [1.29, 1.82) is 0 Å². The van der Waals surface area contributed by atoms with Crippen molar-refractivity contribution in [2.24, 2.45) is 5.92 Å². The first kappa shape index (κ1) is 23.9. The third kappa shape index (κ3) is 5.93. The Balaban J connectivity index is 0.00000169. The molecule has 0 aromatic rings. The summed E-state index contributed by atoms with van der Waals surface area (Å²) in [5, 5.41) is 0. The van der Waals surface area contributed by atoms with E-state index in [9.17, 15) is 9.18 Å². The van der Waals surface area contributed by atoms with Crippen LogP contribution < -0.4 is 0 Å². The van der Waals surface area contributed by atoms with Crippen molar-refractivity contribution in [3.05, 3.63) is 0 Å². The van der Waals surface area contributed by atoms with E-state index in [0.717, 1.165) is 51.7 Å². The van der Waals surface area contributed by atoms with Gasteiger partial charge in [-0.2, -0.15) is 0 Å². The smallest absolute Gasteiger partial charge is 0.308 e. The van der Waals surface area contributed by atoms with Crippen molar-refractivity contribution >= 4 is 30.8 Å². The van der Waals surface area contributed by atoms with Crippen LogP contribution in [0.15, 0.2) is 0 Å². The van der Waals surface area contributed by atoms with Gasteiger partial charge >= 0.3 is 5.97 Å². The van der Waals surface area contributed by atoms with Crippen LogP contribution in [0.5, 0.6) is 0 Å². The minimum Gasteiger partial charge on any atom is -0.466 e. The molecule has 0 N–H and O–H groups in total. The van der Waals surface area contributed by atoms with Crippen LogP contribution in [0.25, 0.3) is 0 Å². The average molecular weight is 415 g/mol. The maximum absolute atomic E-state index is 14.3. The molecule has 8 heteroatoms. The Morgan fingerprint density at radius 2 is 1.69 bits per heavy atom. The molecule has 2 saturated heterocycles. The van der Waals surface area contributed by atoms with Gasteiger partial charge in [0.1, 0.15) is 0 Å². The number of rotatable bonds is 6. The number of esters is 1. The first-order valence-corrected chi connectivity index (χ1v) is 9.65. The third-order valence-electron chi connectivity index (χ3n) is 5.56. The van der Waals surface area contributed by atoms with Crippen LogP contribution in [0.2, 0.25) is 0 Å². The van der Waals surface area contributed by atoms with Gasteiger partial charge in [0.2, 0.25) is 0 Å². The second kappa shape index (κ2) is 11.6. The second-order valence-corrected chi connectivity index (χ2v) is 7.25. The Kier molecular flexibility index (Phi) is 10.7. The fourth-order valence-corrected chi connectivity index (χ4v) is 4.20. The number of nitrogens with zero attached hydrogens (tertiary/aromatic N) is 2. The fraction of sp³-hybridized carbons (Fsp3) is 0.944.